The summed E-state index contributed by atoms with van der Waals surface area (Å²) in [4.78, 5) is 26.0. The molecule has 1 saturated heterocycles. The highest BCUT2D eigenvalue weighted by molar-refractivity contribution is 5.97. The van der Waals surface area contributed by atoms with Crippen LogP contribution in [0.3, 0.4) is 0 Å². The topological polar surface area (TPSA) is 61.4 Å². The van der Waals surface area contributed by atoms with Crippen molar-refractivity contribution in [2.45, 2.75) is 40.0 Å². The van der Waals surface area contributed by atoms with Crippen molar-refractivity contribution >= 4 is 11.9 Å². The number of nitrogens with zero attached hydrogens (tertiary/aromatic N) is 1. The molecule has 1 aliphatic rings. The van der Waals surface area contributed by atoms with E-state index < -0.39 is 0 Å². The van der Waals surface area contributed by atoms with E-state index in [-0.39, 0.29) is 11.9 Å². The summed E-state index contributed by atoms with van der Waals surface area (Å²) in [6, 6.07) is 4.03. The summed E-state index contributed by atoms with van der Waals surface area (Å²) in [5.74, 6) is 0.697. The molecule has 0 radical (unpaired) electrons. The third-order valence-electron chi connectivity index (χ3n) is 4.77. The predicted molar refractivity (Wildman–Crippen MR) is 96.4 cm³/mol. The lowest BCUT2D eigenvalue weighted by Crippen LogP contribution is -2.33. The molecule has 5 nitrogen and oxygen atoms in total. The maximum atomic E-state index is 12.9. The molecule has 1 atom stereocenters. The normalized spacial score (nSPS) is 17.0. The van der Waals surface area contributed by atoms with Crippen LogP contribution in [-0.4, -0.2) is 43.5 Å². The van der Waals surface area contributed by atoms with Gasteiger partial charge >= 0.3 is 6.03 Å². The van der Waals surface area contributed by atoms with Crippen molar-refractivity contribution in [2.24, 2.45) is 5.92 Å². The van der Waals surface area contributed by atoms with Gasteiger partial charge in [-0.05, 0) is 57.1 Å². The summed E-state index contributed by atoms with van der Waals surface area (Å²) in [5.41, 5.74) is 4.19. The Balaban J connectivity index is 1.87. The Morgan fingerprint density at radius 2 is 1.88 bits per heavy atom. The van der Waals surface area contributed by atoms with Gasteiger partial charge in [-0.25, -0.2) is 4.79 Å². The Kier molecular flexibility index (Phi) is 6.23. The number of hydrogen-bond acceptors (Lipinski definition) is 2. The Hall–Kier alpha value is -2.04. The van der Waals surface area contributed by atoms with Crippen molar-refractivity contribution in [3.63, 3.8) is 0 Å². The van der Waals surface area contributed by atoms with Crippen LogP contribution in [0, 0.1) is 26.7 Å². The summed E-state index contributed by atoms with van der Waals surface area (Å²) in [7, 11) is 1.62. The number of carbonyl (C=O) groups is 2. The van der Waals surface area contributed by atoms with Crippen LogP contribution >= 0.6 is 0 Å². The highest BCUT2D eigenvalue weighted by atomic mass is 16.2. The molecule has 1 aromatic carbocycles. The Morgan fingerprint density at radius 3 is 2.50 bits per heavy atom. The molecular formula is C19H29N3O2. The predicted octanol–water partition coefficient (Wildman–Crippen LogP) is 2.78. The fraction of sp³-hybridized carbons (Fsp3) is 0.579. The molecule has 2 rings (SSSR count). The van der Waals surface area contributed by atoms with Crippen molar-refractivity contribution in [2.75, 3.05) is 26.7 Å². The Bertz CT molecular complexity index is 590. The Morgan fingerprint density at radius 1 is 1.21 bits per heavy atom. The molecule has 0 spiro atoms. The number of aryl methyl sites for hydroxylation is 3. The van der Waals surface area contributed by atoms with Crippen LogP contribution in [-0.2, 0) is 0 Å². The van der Waals surface area contributed by atoms with Gasteiger partial charge in [0.1, 0.15) is 0 Å². The van der Waals surface area contributed by atoms with E-state index in [2.05, 4.69) is 29.7 Å². The molecule has 132 valence electrons. The second-order valence-corrected chi connectivity index (χ2v) is 6.83. The third-order valence-corrected chi connectivity index (χ3v) is 4.77. The van der Waals surface area contributed by atoms with Crippen LogP contribution in [0.1, 0.15) is 46.3 Å². The highest BCUT2D eigenvalue weighted by Gasteiger charge is 2.28. The lowest BCUT2D eigenvalue weighted by molar-refractivity contribution is 0.0785. The fourth-order valence-electron chi connectivity index (χ4n) is 3.61. The minimum atomic E-state index is -0.136. The number of carbonyl (C=O) groups excluding carboxylic acids is 2. The van der Waals surface area contributed by atoms with Crippen LogP contribution in [0.25, 0.3) is 0 Å². The van der Waals surface area contributed by atoms with Gasteiger partial charge in [-0.1, -0.05) is 17.7 Å². The number of urea groups is 1. The van der Waals surface area contributed by atoms with Crippen molar-refractivity contribution in [1.82, 2.24) is 15.5 Å². The van der Waals surface area contributed by atoms with Gasteiger partial charge < -0.3 is 15.5 Å². The zero-order valence-corrected chi connectivity index (χ0v) is 15.2. The SMILES string of the molecule is CNC(=O)NCCCC1CCN(C(=O)c2c(C)cc(C)cc2C)C1. The summed E-state index contributed by atoms with van der Waals surface area (Å²) in [5, 5.41) is 5.35. The monoisotopic (exact) mass is 331 g/mol. The fourth-order valence-corrected chi connectivity index (χ4v) is 3.61. The summed E-state index contributed by atoms with van der Waals surface area (Å²) >= 11 is 0. The number of benzene rings is 1. The number of likely N-dealkylation sites (tertiary alicyclic amines) is 1. The maximum absolute atomic E-state index is 12.9. The third kappa shape index (κ3) is 4.49. The van der Waals surface area contributed by atoms with Crippen molar-refractivity contribution < 1.29 is 9.59 Å². The van der Waals surface area contributed by atoms with Crippen LogP contribution in [0.4, 0.5) is 4.79 Å². The number of nitrogens with one attached hydrogen (secondary N) is 2. The van der Waals surface area contributed by atoms with Crippen LogP contribution in [0.2, 0.25) is 0 Å². The molecule has 1 heterocycles. The summed E-state index contributed by atoms with van der Waals surface area (Å²) < 4.78 is 0. The van der Waals surface area contributed by atoms with Crippen molar-refractivity contribution in [1.29, 1.82) is 0 Å². The second-order valence-electron chi connectivity index (χ2n) is 6.83. The first-order valence-electron chi connectivity index (χ1n) is 8.75. The van der Waals surface area contributed by atoms with Crippen molar-refractivity contribution in [3.8, 4) is 0 Å². The molecule has 0 bridgehead atoms. The second kappa shape index (κ2) is 8.18. The first kappa shape index (κ1) is 18.3. The number of amides is 3. The standard InChI is InChI=1S/C19H29N3O2/c1-13-10-14(2)17(15(3)11-13)18(23)22-9-7-16(12-22)6-5-8-21-19(24)20-4/h10-11,16H,5-9,12H2,1-4H3,(H2,20,21,24). The molecule has 5 heteroatoms. The molecule has 3 amide bonds. The molecule has 1 unspecified atom stereocenters. The van der Waals surface area contributed by atoms with E-state index in [1.165, 1.54) is 5.56 Å². The van der Waals surface area contributed by atoms with E-state index in [0.717, 1.165) is 49.0 Å². The summed E-state index contributed by atoms with van der Waals surface area (Å²) in [6.07, 6.45) is 3.04. The van der Waals surface area contributed by atoms with E-state index in [0.29, 0.717) is 12.5 Å². The average molecular weight is 331 g/mol. The van der Waals surface area contributed by atoms with E-state index in [1.54, 1.807) is 7.05 Å². The lowest BCUT2D eigenvalue weighted by atomic mass is 9.98. The smallest absolute Gasteiger partial charge is 0.314 e. The number of hydrogen-bond donors (Lipinski definition) is 2. The molecule has 0 saturated carbocycles. The van der Waals surface area contributed by atoms with E-state index in [9.17, 15) is 9.59 Å². The first-order valence-corrected chi connectivity index (χ1v) is 8.75. The molecule has 1 aromatic rings. The van der Waals surface area contributed by atoms with Crippen molar-refractivity contribution in [3.05, 3.63) is 34.4 Å². The molecule has 0 aliphatic carbocycles. The van der Waals surface area contributed by atoms with Gasteiger partial charge in [-0.2, -0.15) is 0 Å². The molecule has 2 N–H and O–H groups in total. The minimum absolute atomic E-state index is 0.136. The van der Waals surface area contributed by atoms with Gasteiger partial charge in [0.2, 0.25) is 0 Å². The van der Waals surface area contributed by atoms with Crippen LogP contribution in [0.15, 0.2) is 12.1 Å². The average Bonchev–Trinajstić information content (AvgIpc) is 2.99. The van der Waals surface area contributed by atoms with Gasteiger partial charge in [0, 0.05) is 32.2 Å². The van der Waals surface area contributed by atoms with Gasteiger partial charge in [-0.15, -0.1) is 0 Å². The Labute approximate surface area is 144 Å². The van der Waals surface area contributed by atoms with E-state index >= 15 is 0 Å². The molecule has 1 aliphatic heterocycles. The van der Waals surface area contributed by atoms with Crippen LogP contribution < -0.4 is 10.6 Å². The number of rotatable bonds is 5. The van der Waals surface area contributed by atoms with Gasteiger partial charge in [0.25, 0.3) is 5.91 Å². The lowest BCUT2D eigenvalue weighted by Gasteiger charge is -2.20. The summed E-state index contributed by atoms with van der Waals surface area (Å²) in [6.45, 7) is 8.44. The molecule has 24 heavy (non-hydrogen) atoms. The highest BCUT2D eigenvalue weighted by Crippen LogP contribution is 2.25. The van der Waals surface area contributed by atoms with Gasteiger partial charge in [0.05, 0.1) is 0 Å². The van der Waals surface area contributed by atoms with E-state index in [1.807, 2.05) is 18.7 Å². The maximum Gasteiger partial charge on any atom is 0.314 e. The van der Waals surface area contributed by atoms with E-state index in [4.69, 9.17) is 0 Å². The van der Waals surface area contributed by atoms with Crippen LogP contribution in [0.5, 0.6) is 0 Å². The zero-order chi connectivity index (χ0) is 17.7. The molecule has 0 aromatic heterocycles. The zero-order valence-electron chi connectivity index (χ0n) is 15.2. The molecular weight excluding hydrogens is 302 g/mol. The molecule has 1 fully saturated rings. The first-order chi connectivity index (χ1) is 11.4. The quantitative estimate of drug-likeness (QED) is 0.815. The largest absolute Gasteiger partial charge is 0.341 e. The minimum Gasteiger partial charge on any atom is -0.341 e. The van der Waals surface area contributed by atoms with Gasteiger partial charge in [0.15, 0.2) is 0 Å². The van der Waals surface area contributed by atoms with Gasteiger partial charge in [-0.3, -0.25) is 4.79 Å².